The van der Waals surface area contributed by atoms with E-state index in [1.165, 1.54) is 26.2 Å². The number of aromatic nitrogens is 1. The predicted molar refractivity (Wildman–Crippen MR) is 118 cm³/mol. The monoisotopic (exact) mass is 551 g/mol. The molecule has 1 aliphatic rings. The maximum atomic E-state index is 12.8. The topological polar surface area (TPSA) is 274 Å². The standard InChI is InChI=1S/C16H21N7O11S2/c1-16(2,3)34-15(29)22(18)13(28)10-9(12(27)23(10)36(30,31)32)20-11(26)8(21-33-4-7(24)25)6-5-35-14(17)19-6/h5,9-10H,4,18H2,1-3H3,(H2,17,19)(H,20,26)(H,24,25)(H,30,31,32)/b21-8-/t9-,10-/m1/s1. The summed E-state index contributed by atoms with van der Waals surface area (Å²) >= 11 is 0.867. The van der Waals surface area contributed by atoms with Crippen LogP contribution in [0.15, 0.2) is 10.5 Å². The van der Waals surface area contributed by atoms with Crippen LogP contribution < -0.4 is 16.9 Å². The highest BCUT2D eigenvalue weighted by Gasteiger charge is 2.59. The van der Waals surface area contributed by atoms with Crippen LogP contribution in [0.3, 0.4) is 0 Å². The van der Waals surface area contributed by atoms with E-state index >= 15 is 0 Å². The lowest BCUT2D eigenvalue weighted by molar-refractivity contribution is -0.156. The fourth-order valence-corrected chi connectivity index (χ4v) is 4.00. The highest BCUT2D eigenvalue weighted by Crippen LogP contribution is 2.26. The number of aliphatic carboxylic acids is 1. The van der Waals surface area contributed by atoms with Gasteiger partial charge in [-0.25, -0.2) is 20.4 Å². The number of hydrazine groups is 1. The summed E-state index contributed by atoms with van der Waals surface area (Å²) in [5.41, 5.74) is 3.49. The van der Waals surface area contributed by atoms with E-state index in [1.54, 1.807) is 0 Å². The Hall–Kier alpha value is -3.88. The highest BCUT2D eigenvalue weighted by atomic mass is 32.2. The van der Waals surface area contributed by atoms with Gasteiger partial charge in [-0.3, -0.25) is 18.9 Å². The molecule has 1 fully saturated rings. The van der Waals surface area contributed by atoms with Gasteiger partial charge in [0, 0.05) is 5.38 Å². The lowest BCUT2D eigenvalue weighted by atomic mass is 9.97. The Morgan fingerprint density at radius 1 is 1.33 bits per heavy atom. The highest BCUT2D eigenvalue weighted by molar-refractivity contribution is 7.84. The third-order valence-electron chi connectivity index (χ3n) is 3.99. The molecule has 1 aromatic rings. The normalized spacial score (nSPS) is 18.2. The number of β-lactam (4-membered cyclic amide) rings is 1. The van der Waals surface area contributed by atoms with E-state index in [4.69, 9.17) is 21.4 Å². The molecular formula is C16H21N7O11S2. The summed E-state index contributed by atoms with van der Waals surface area (Å²) in [6, 6.07) is -4.17. The molecule has 1 saturated heterocycles. The van der Waals surface area contributed by atoms with Crippen LogP contribution in [-0.2, 0) is 39.1 Å². The van der Waals surface area contributed by atoms with Crippen molar-refractivity contribution >= 4 is 62.3 Å². The second-order valence-electron chi connectivity index (χ2n) is 7.87. The number of hydrogen-bond donors (Lipinski definition) is 5. The van der Waals surface area contributed by atoms with Crippen LogP contribution in [0.25, 0.3) is 0 Å². The number of imide groups is 1. The van der Waals surface area contributed by atoms with Crippen molar-refractivity contribution in [3.05, 3.63) is 11.1 Å². The van der Waals surface area contributed by atoms with E-state index in [9.17, 15) is 36.9 Å². The van der Waals surface area contributed by atoms with Gasteiger partial charge >= 0.3 is 22.4 Å². The fraction of sp³-hybridized carbons (Fsp3) is 0.438. The molecule has 198 valence electrons. The minimum absolute atomic E-state index is 0.0230. The van der Waals surface area contributed by atoms with Crippen LogP contribution in [0, 0.1) is 0 Å². The number of carbonyl (C=O) groups is 5. The second kappa shape index (κ2) is 10.4. The van der Waals surface area contributed by atoms with Gasteiger partial charge in [0.15, 0.2) is 16.9 Å². The molecule has 1 aliphatic heterocycles. The molecule has 0 spiro atoms. The molecule has 0 saturated carbocycles. The van der Waals surface area contributed by atoms with Gasteiger partial charge in [-0.05, 0) is 20.8 Å². The van der Waals surface area contributed by atoms with Gasteiger partial charge < -0.3 is 25.7 Å². The molecule has 0 bridgehead atoms. The first kappa shape index (κ1) is 28.4. The van der Waals surface area contributed by atoms with E-state index in [-0.39, 0.29) is 20.1 Å². The first-order valence-corrected chi connectivity index (χ1v) is 11.8. The summed E-state index contributed by atoms with van der Waals surface area (Å²) in [6.07, 6.45) is -1.42. The molecule has 18 nitrogen and oxygen atoms in total. The molecular weight excluding hydrogens is 530 g/mol. The molecule has 2 atom stereocenters. The number of nitrogens with two attached hydrogens (primary N) is 2. The Morgan fingerprint density at radius 3 is 2.42 bits per heavy atom. The van der Waals surface area contributed by atoms with Crippen molar-refractivity contribution in [2.75, 3.05) is 12.3 Å². The van der Waals surface area contributed by atoms with Crippen molar-refractivity contribution in [2.24, 2.45) is 11.0 Å². The van der Waals surface area contributed by atoms with Crippen molar-refractivity contribution in [1.82, 2.24) is 19.6 Å². The van der Waals surface area contributed by atoms with E-state index in [1.807, 2.05) is 5.32 Å². The first-order chi connectivity index (χ1) is 16.4. The van der Waals surface area contributed by atoms with Gasteiger partial charge in [-0.15, -0.1) is 11.3 Å². The summed E-state index contributed by atoms with van der Waals surface area (Å²) in [4.78, 5) is 69.1. The van der Waals surface area contributed by atoms with E-state index in [0.29, 0.717) is 0 Å². The van der Waals surface area contributed by atoms with E-state index < -0.39 is 70.1 Å². The van der Waals surface area contributed by atoms with Crippen molar-refractivity contribution in [1.29, 1.82) is 0 Å². The number of nitrogens with zero attached hydrogens (tertiary/aromatic N) is 4. The van der Waals surface area contributed by atoms with Crippen molar-refractivity contribution in [3.8, 4) is 0 Å². The average molecular weight is 552 g/mol. The molecule has 36 heavy (non-hydrogen) atoms. The van der Waals surface area contributed by atoms with Crippen molar-refractivity contribution in [3.63, 3.8) is 0 Å². The third-order valence-corrected chi connectivity index (χ3v) is 5.57. The number of nitrogen functional groups attached to an aromatic ring is 1. The zero-order valence-electron chi connectivity index (χ0n) is 18.8. The smallest absolute Gasteiger partial charge is 0.431 e. The van der Waals surface area contributed by atoms with Gasteiger partial charge in [-0.1, -0.05) is 5.16 Å². The van der Waals surface area contributed by atoms with Gasteiger partial charge in [0.2, 0.25) is 6.61 Å². The summed E-state index contributed by atoms with van der Waals surface area (Å²) in [5.74, 6) is -0.293. The number of anilines is 1. The molecule has 0 unspecified atom stereocenters. The molecule has 7 N–H and O–H groups in total. The number of carboxylic acids is 1. The Labute approximate surface area is 206 Å². The summed E-state index contributed by atoms with van der Waals surface area (Å²) in [6.45, 7) is 3.38. The number of ether oxygens (including phenoxy) is 1. The molecule has 0 aliphatic carbocycles. The largest absolute Gasteiger partial charge is 0.479 e. The van der Waals surface area contributed by atoms with Crippen LogP contribution in [-0.4, -0.2) is 92.2 Å². The minimum Gasteiger partial charge on any atom is -0.479 e. The van der Waals surface area contributed by atoms with Crippen molar-refractivity contribution < 1.29 is 51.6 Å². The van der Waals surface area contributed by atoms with Gasteiger partial charge in [-0.2, -0.15) is 17.7 Å². The Bertz CT molecular complexity index is 1220. The number of nitrogens with one attached hydrogen (secondary N) is 1. The Kier molecular flexibility index (Phi) is 8.19. The van der Waals surface area contributed by atoms with Crippen LogP contribution >= 0.6 is 11.3 Å². The Morgan fingerprint density at radius 2 is 1.94 bits per heavy atom. The number of rotatable bonds is 8. The second-order valence-corrected chi connectivity index (χ2v) is 10.1. The summed E-state index contributed by atoms with van der Waals surface area (Å²) < 4.78 is 37.3. The predicted octanol–water partition coefficient (Wildman–Crippen LogP) is -2.33. The zero-order valence-corrected chi connectivity index (χ0v) is 20.4. The summed E-state index contributed by atoms with van der Waals surface area (Å²) in [7, 11) is -5.34. The van der Waals surface area contributed by atoms with Crippen LogP contribution in [0.1, 0.15) is 26.5 Å². The third kappa shape index (κ3) is 6.62. The van der Waals surface area contributed by atoms with Gasteiger partial charge in [0.05, 0.1) is 0 Å². The fourth-order valence-electron chi connectivity index (χ4n) is 2.61. The van der Waals surface area contributed by atoms with Crippen LogP contribution in [0.4, 0.5) is 9.93 Å². The number of hydrogen-bond acceptors (Lipinski definition) is 14. The quantitative estimate of drug-likeness (QED) is 0.0566. The number of amides is 4. The first-order valence-electron chi connectivity index (χ1n) is 9.50. The maximum absolute atomic E-state index is 12.8. The SMILES string of the molecule is CC(C)(C)OC(=O)N(N)C(=O)[C@H]1[C@@H](NC(=O)/C(=N\OCC(=O)O)c2csc(N)n2)C(=O)N1S(=O)(=O)O. The number of carbonyl (C=O) groups excluding carboxylic acids is 4. The lowest BCUT2D eigenvalue weighted by Crippen LogP contribution is -2.77. The lowest BCUT2D eigenvalue weighted by Gasteiger charge is -2.43. The summed E-state index contributed by atoms with van der Waals surface area (Å²) in [5, 5.41) is 15.1. The molecule has 4 amide bonds. The molecule has 0 radical (unpaired) electrons. The van der Waals surface area contributed by atoms with E-state index in [2.05, 4.69) is 15.0 Å². The molecule has 2 rings (SSSR count). The number of carboxylic acid groups (broad SMARTS) is 1. The zero-order chi connectivity index (χ0) is 27.6. The molecule has 0 aromatic carbocycles. The maximum Gasteiger partial charge on any atom is 0.431 e. The van der Waals surface area contributed by atoms with Crippen LogP contribution in [0.5, 0.6) is 0 Å². The van der Waals surface area contributed by atoms with Crippen LogP contribution in [0.2, 0.25) is 0 Å². The minimum atomic E-state index is -5.34. The average Bonchev–Trinajstić information content (AvgIpc) is 3.15. The molecule has 2 heterocycles. The Balaban J connectivity index is 2.36. The molecule has 1 aromatic heterocycles. The number of thiazole rings is 1. The number of oxime groups is 1. The van der Waals surface area contributed by atoms with Crippen molar-refractivity contribution in [2.45, 2.75) is 38.5 Å². The molecule has 20 heteroatoms. The van der Waals surface area contributed by atoms with Gasteiger partial charge in [0.25, 0.3) is 17.7 Å². The van der Waals surface area contributed by atoms with Gasteiger partial charge in [0.1, 0.15) is 17.3 Å². The van der Waals surface area contributed by atoms with E-state index in [0.717, 1.165) is 11.3 Å².